The number of rotatable bonds is 6. The highest BCUT2D eigenvalue weighted by molar-refractivity contribution is 5.78. The van der Waals surface area contributed by atoms with Crippen molar-refractivity contribution in [3.8, 4) is 12.3 Å². The van der Waals surface area contributed by atoms with Crippen LogP contribution in [0.15, 0.2) is 12.3 Å². The molecule has 0 saturated heterocycles. The minimum atomic E-state index is 0.841. The first-order chi connectivity index (χ1) is 9.22. The SMILES string of the molecule is C#CCCCCNCc1cnc2c(c1)c(C)nn2C. The van der Waals surface area contributed by atoms with Crippen LogP contribution >= 0.6 is 0 Å². The zero-order valence-corrected chi connectivity index (χ0v) is 11.6. The Labute approximate surface area is 114 Å². The van der Waals surface area contributed by atoms with Gasteiger partial charge in [0.05, 0.1) is 5.69 Å². The van der Waals surface area contributed by atoms with E-state index < -0.39 is 0 Å². The van der Waals surface area contributed by atoms with Gasteiger partial charge in [-0.1, -0.05) is 0 Å². The van der Waals surface area contributed by atoms with Gasteiger partial charge in [-0.2, -0.15) is 5.10 Å². The number of terminal acetylenes is 1. The van der Waals surface area contributed by atoms with Gasteiger partial charge in [0.25, 0.3) is 0 Å². The average Bonchev–Trinajstić information content (AvgIpc) is 2.69. The molecular weight excluding hydrogens is 236 g/mol. The number of aryl methyl sites for hydroxylation is 2. The van der Waals surface area contributed by atoms with Gasteiger partial charge in [-0.05, 0) is 37.9 Å². The molecule has 1 N–H and O–H groups in total. The predicted molar refractivity (Wildman–Crippen MR) is 77.6 cm³/mol. The number of nitrogens with zero attached hydrogens (tertiary/aromatic N) is 3. The van der Waals surface area contributed by atoms with E-state index in [1.54, 1.807) is 0 Å². The molecule has 0 aromatic carbocycles. The van der Waals surface area contributed by atoms with E-state index in [1.807, 2.05) is 24.9 Å². The highest BCUT2D eigenvalue weighted by Gasteiger charge is 2.06. The molecular formula is C15H20N4. The Bertz CT molecular complexity index is 592. The first-order valence-corrected chi connectivity index (χ1v) is 6.65. The van der Waals surface area contributed by atoms with Crippen LogP contribution in [0.1, 0.15) is 30.5 Å². The second-order valence-corrected chi connectivity index (χ2v) is 4.76. The highest BCUT2D eigenvalue weighted by atomic mass is 15.3. The molecule has 0 fully saturated rings. The van der Waals surface area contributed by atoms with E-state index in [1.165, 1.54) is 5.56 Å². The average molecular weight is 256 g/mol. The van der Waals surface area contributed by atoms with E-state index in [4.69, 9.17) is 6.42 Å². The van der Waals surface area contributed by atoms with E-state index in [0.717, 1.165) is 49.1 Å². The van der Waals surface area contributed by atoms with Crippen LogP contribution in [-0.2, 0) is 13.6 Å². The van der Waals surface area contributed by atoms with Gasteiger partial charge in [-0.3, -0.25) is 4.68 Å². The molecule has 0 unspecified atom stereocenters. The molecule has 0 amide bonds. The lowest BCUT2D eigenvalue weighted by molar-refractivity contribution is 0.629. The monoisotopic (exact) mass is 256 g/mol. The van der Waals surface area contributed by atoms with Gasteiger partial charge < -0.3 is 5.32 Å². The number of hydrogen-bond donors (Lipinski definition) is 1. The Morgan fingerprint density at radius 3 is 3.05 bits per heavy atom. The zero-order chi connectivity index (χ0) is 13.7. The normalized spacial score (nSPS) is 10.8. The molecule has 0 bridgehead atoms. The van der Waals surface area contributed by atoms with Crippen LogP contribution in [0.25, 0.3) is 11.0 Å². The van der Waals surface area contributed by atoms with Crippen molar-refractivity contribution in [3.05, 3.63) is 23.5 Å². The molecule has 0 saturated carbocycles. The molecule has 2 aromatic rings. The summed E-state index contributed by atoms with van der Waals surface area (Å²) in [5.74, 6) is 2.66. The lowest BCUT2D eigenvalue weighted by Crippen LogP contribution is -2.14. The quantitative estimate of drug-likeness (QED) is 0.636. The fourth-order valence-electron chi connectivity index (χ4n) is 2.16. The lowest BCUT2D eigenvalue weighted by atomic mass is 10.2. The summed E-state index contributed by atoms with van der Waals surface area (Å²) in [6.45, 7) is 3.85. The van der Waals surface area contributed by atoms with Crippen LogP contribution < -0.4 is 5.32 Å². The number of pyridine rings is 1. The lowest BCUT2D eigenvalue weighted by Gasteiger charge is -2.04. The fourth-order valence-corrected chi connectivity index (χ4v) is 2.16. The Kier molecular flexibility index (Phi) is 4.53. The molecule has 2 aromatic heterocycles. The van der Waals surface area contributed by atoms with E-state index in [9.17, 15) is 0 Å². The van der Waals surface area contributed by atoms with E-state index >= 15 is 0 Å². The maximum absolute atomic E-state index is 5.22. The maximum Gasteiger partial charge on any atom is 0.157 e. The fraction of sp³-hybridized carbons (Fsp3) is 0.467. The summed E-state index contributed by atoms with van der Waals surface area (Å²) >= 11 is 0. The Morgan fingerprint density at radius 1 is 1.42 bits per heavy atom. The Balaban J connectivity index is 1.91. The van der Waals surface area contributed by atoms with E-state index in [2.05, 4.69) is 27.4 Å². The van der Waals surface area contributed by atoms with Crippen molar-refractivity contribution < 1.29 is 0 Å². The van der Waals surface area contributed by atoms with Crippen LogP contribution in [-0.4, -0.2) is 21.3 Å². The number of unbranched alkanes of at least 4 members (excludes halogenated alkanes) is 2. The van der Waals surface area contributed by atoms with Crippen LogP contribution in [0.3, 0.4) is 0 Å². The van der Waals surface area contributed by atoms with Gasteiger partial charge in [0.2, 0.25) is 0 Å². The summed E-state index contributed by atoms with van der Waals surface area (Å²) in [5.41, 5.74) is 3.16. The first-order valence-electron chi connectivity index (χ1n) is 6.65. The van der Waals surface area contributed by atoms with Crippen LogP contribution in [0.2, 0.25) is 0 Å². The van der Waals surface area contributed by atoms with E-state index in [-0.39, 0.29) is 0 Å². The van der Waals surface area contributed by atoms with Crippen LogP contribution in [0.5, 0.6) is 0 Å². The number of hydrogen-bond acceptors (Lipinski definition) is 3. The molecule has 2 heterocycles. The highest BCUT2D eigenvalue weighted by Crippen LogP contribution is 2.16. The van der Waals surface area contributed by atoms with Crippen molar-refractivity contribution in [2.75, 3.05) is 6.54 Å². The van der Waals surface area contributed by atoms with Crippen LogP contribution in [0, 0.1) is 19.3 Å². The second-order valence-electron chi connectivity index (χ2n) is 4.76. The second kappa shape index (κ2) is 6.35. The number of aromatic nitrogens is 3. The summed E-state index contributed by atoms with van der Waals surface area (Å²) < 4.78 is 1.82. The van der Waals surface area contributed by atoms with Gasteiger partial charge >= 0.3 is 0 Å². The molecule has 0 aliphatic rings. The minimum absolute atomic E-state index is 0.841. The molecule has 0 aliphatic heterocycles. The van der Waals surface area contributed by atoms with Crippen LogP contribution in [0.4, 0.5) is 0 Å². The Hall–Kier alpha value is -1.86. The summed E-state index contributed by atoms with van der Waals surface area (Å²) in [4.78, 5) is 4.46. The third kappa shape index (κ3) is 3.33. The van der Waals surface area contributed by atoms with Gasteiger partial charge in [-0.25, -0.2) is 4.98 Å². The van der Waals surface area contributed by atoms with E-state index in [0.29, 0.717) is 0 Å². The topological polar surface area (TPSA) is 42.7 Å². The number of nitrogens with one attached hydrogen (secondary N) is 1. The van der Waals surface area contributed by atoms with Gasteiger partial charge in [-0.15, -0.1) is 12.3 Å². The maximum atomic E-state index is 5.22. The molecule has 0 radical (unpaired) electrons. The smallest absolute Gasteiger partial charge is 0.157 e. The molecule has 100 valence electrons. The molecule has 4 heteroatoms. The van der Waals surface area contributed by atoms with Crippen molar-refractivity contribution in [1.82, 2.24) is 20.1 Å². The largest absolute Gasteiger partial charge is 0.313 e. The molecule has 0 aliphatic carbocycles. The summed E-state index contributed by atoms with van der Waals surface area (Å²) in [6, 6.07) is 2.17. The predicted octanol–water partition coefficient (Wildman–Crippen LogP) is 2.17. The van der Waals surface area contributed by atoms with Gasteiger partial charge in [0, 0.05) is 31.6 Å². The zero-order valence-electron chi connectivity index (χ0n) is 11.6. The number of fused-ring (bicyclic) bond motifs is 1. The third-order valence-corrected chi connectivity index (χ3v) is 3.17. The van der Waals surface area contributed by atoms with Crippen molar-refractivity contribution in [2.45, 2.75) is 32.7 Å². The first kappa shape index (κ1) is 13.6. The minimum Gasteiger partial charge on any atom is -0.313 e. The molecule has 0 atom stereocenters. The standard InChI is InChI=1S/C15H20N4/c1-4-5-6-7-8-16-10-13-9-14-12(2)18-19(3)15(14)17-11-13/h1,9,11,16H,5-8,10H2,2-3H3. The molecule has 4 nitrogen and oxygen atoms in total. The summed E-state index contributed by atoms with van der Waals surface area (Å²) in [6.07, 6.45) is 10.2. The molecule has 19 heavy (non-hydrogen) atoms. The van der Waals surface area contributed by atoms with Gasteiger partial charge in [0.15, 0.2) is 5.65 Å². The van der Waals surface area contributed by atoms with Gasteiger partial charge in [0.1, 0.15) is 0 Å². The third-order valence-electron chi connectivity index (χ3n) is 3.17. The van der Waals surface area contributed by atoms with Crippen molar-refractivity contribution in [1.29, 1.82) is 0 Å². The van der Waals surface area contributed by atoms with Crippen molar-refractivity contribution in [2.24, 2.45) is 7.05 Å². The molecule has 2 rings (SSSR count). The summed E-state index contributed by atoms with van der Waals surface area (Å²) in [7, 11) is 1.92. The Morgan fingerprint density at radius 2 is 2.26 bits per heavy atom. The van der Waals surface area contributed by atoms with Crippen molar-refractivity contribution in [3.63, 3.8) is 0 Å². The molecule has 0 spiro atoms. The summed E-state index contributed by atoms with van der Waals surface area (Å²) in [5, 5.41) is 8.93. The van der Waals surface area contributed by atoms with Crippen molar-refractivity contribution >= 4 is 11.0 Å².